The van der Waals surface area contributed by atoms with Crippen LogP contribution in [0.5, 0.6) is 0 Å². The highest BCUT2D eigenvalue weighted by molar-refractivity contribution is 6.05. The topological polar surface area (TPSA) is 58.2 Å². The van der Waals surface area contributed by atoms with E-state index in [1.807, 2.05) is 32.0 Å². The molecule has 0 unspecified atom stereocenters. The zero-order valence-electron chi connectivity index (χ0n) is 15.2. The number of aryl methyl sites for hydroxylation is 2. The number of hydrogen-bond donors (Lipinski definition) is 2. The second kappa shape index (κ2) is 9.02. The van der Waals surface area contributed by atoms with Gasteiger partial charge in [0.05, 0.1) is 0 Å². The second-order valence-electron chi connectivity index (χ2n) is 6.31. The van der Waals surface area contributed by atoms with Crippen LogP contribution in [0.25, 0.3) is 0 Å². The first-order valence-electron chi connectivity index (χ1n) is 8.78. The van der Waals surface area contributed by atoms with Gasteiger partial charge in [-0.1, -0.05) is 31.9 Å². The van der Waals surface area contributed by atoms with Gasteiger partial charge in [-0.3, -0.25) is 9.59 Å². The van der Waals surface area contributed by atoms with Gasteiger partial charge in [-0.15, -0.1) is 0 Å². The fraction of sp³-hybridized carbons (Fsp3) is 0.333. The summed E-state index contributed by atoms with van der Waals surface area (Å²) in [5.74, 6) is -0.277. The van der Waals surface area contributed by atoms with E-state index in [1.165, 1.54) is 0 Å². The SMILES string of the molecule is CCCCCNC(=O)c1ccc(C(=O)Nc2cc(C)ccc2C)cc1. The smallest absolute Gasteiger partial charge is 0.255 e. The van der Waals surface area contributed by atoms with Gasteiger partial charge in [0, 0.05) is 23.4 Å². The standard InChI is InChI=1S/C21H26N2O2/c1-4-5-6-13-22-20(24)17-9-11-18(12-10-17)21(25)23-19-14-15(2)7-8-16(19)3/h7-12,14H,4-6,13H2,1-3H3,(H,22,24)(H,23,25). The average molecular weight is 338 g/mol. The van der Waals surface area contributed by atoms with Gasteiger partial charge in [0.1, 0.15) is 0 Å². The third-order valence-electron chi connectivity index (χ3n) is 4.12. The zero-order chi connectivity index (χ0) is 18.2. The molecule has 0 bridgehead atoms. The molecule has 2 aromatic rings. The monoisotopic (exact) mass is 338 g/mol. The van der Waals surface area contributed by atoms with Crippen molar-refractivity contribution in [2.75, 3.05) is 11.9 Å². The van der Waals surface area contributed by atoms with Crippen molar-refractivity contribution >= 4 is 17.5 Å². The number of benzene rings is 2. The number of rotatable bonds is 7. The highest BCUT2D eigenvalue weighted by Gasteiger charge is 2.10. The Bertz CT molecular complexity index is 736. The minimum absolute atomic E-state index is 0.0995. The van der Waals surface area contributed by atoms with E-state index in [-0.39, 0.29) is 11.8 Å². The van der Waals surface area contributed by atoms with Crippen molar-refractivity contribution in [3.63, 3.8) is 0 Å². The molecule has 132 valence electrons. The molecule has 0 radical (unpaired) electrons. The maximum Gasteiger partial charge on any atom is 0.255 e. The van der Waals surface area contributed by atoms with Gasteiger partial charge in [-0.25, -0.2) is 0 Å². The third-order valence-corrected chi connectivity index (χ3v) is 4.12. The Morgan fingerprint density at radius 2 is 1.52 bits per heavy atom. The molecule has 0 saturated carbocycles. The van der Waals surface area contributed by atoms with Gasteiger partial charge in [0.15, 0.2) is 0 Å². The molecule has 4 nitrogen and oxygen atoms in total. The van der Waals surface area contributed by atoms with Crippen LogP contribution in [0.2, 0.25) is 0 Å². The van der Waals surface area contributed by atoms with Crippen molar-refractivity contribution in [3.05, 3.63) is 64.7 Å². The summed E-state index contributed by atoms with van der Waals surface area (Å²) >= 11 is 0. The Kier molecular flexibility index (Phi) is 6.75. The number of carbonyl (C=O) groups excluding carboxylic acids is 2. The molecule has 0 heterocycles. The molecule has 0 saturated heterocycles. The van der Waals surface area contributed by atoms with Crippen LogP contribution >= 0.6 is 0 Å². The lowest BCUT2D eigenvalue weighted by Crippen LogP contribution is -2.24. The summed E-state index contributed by atoms with van der Waals surface area (Å²) in [6, 6.07) is 12.7. The molecule has 2 amide bonds. The first kappa shape index (κ1) is 18.7. The Morgan fingerprint density at radius 1 is 0.880 bits per heavy atom. The molecule has 0 aromatic heterocycles. The lowest BCUT2D eigenvalue weighted by Gasteiger charge is -2.10. The van der Waals surface area contributed by atoms with Crippen LogP contribution < -0.4 is 10.6 Å². The molecular formula is C21H26N2O2. The van der Waals surface area contributed by atoms with Crippen molar-refractivity contribution in [2.45, 2.75) is 40.0 Å². The Labute approximate surface area is 149 Å². The summed E-state index contributed by atoms with van der Waals surface area (Å²) < 4.78 is 0. The molecule has 4 heteroatoms. The number of nitrogens with one attached hydrogen (secondary N) is 2. The average Bonchev–Trinajstić information content (AvgIpc) is 2.61. The molecule has 0 fully saturated rings. The minimum atomic E-state index is -0.177. The number of carbonyl (C=O) groups is 2. The van der Waals surface area contributed by atoms with Gasteiger partial charge in [-0.2, -0.15) is 0 Å². The molecule has 0 aliphatic heterocycles. The summed E-state index contributed by atoms with van der Waals surface area (Å²) in [7, 11) is 0. The number of unbranched alkanes of at least 4 members (excludes halogenated alkanes) is 2. The summed E-state index contributed by atoms with van der Waals surface area (Å²) in [4.78, 5) is 24.4. The van der Waals surface area contributed by atoms with E-state index >= 15 is 0 Å². The lowest BCUT2D eigenvalue weighted by molar-refractivity contribution is 0.0951. The van der Waals surface area contributed by atoms with Crippen LogP contribution in [0.4, 0.5) is 5.69 Å². The number of hydrogen-bond acceptors (Lipinski definition) is 2. The summed E-state index contributed by atoms with van der Waals surface area (Å²) in [6.45, 7) is 6.76. The fourth-order valence-electron chi connectivity index (χ4n) is 2.52. The van der Waals surface area contributed by atoms with Crippen LogP contribution in [0.15, 0.2) is 42.5 Å². The first-order chi connectivity index (χ1) is 12.0. The summed E-state index contributed by atoms with van der Waals surface area (Å²) in [5, 5.41) is 5.82. The largest absolute Gasteiger partial charge is 0.352 e. The normalized spacial score (nSPS) is 10.4. The second-order valence-corrected chi connectivity index (χ2v) is 6.31. The Morgan fingerprint density at radius 3 is 2.16 bits per heavy atom. The molecular weight excluding hydrogens is 312 g/mol. The van der Waals surface area contributed by atoms with Crippen molar-refractivity contribution in [1.29, 1.82) is 0 Å². The Hall–Kier alpha value is -2.62. The van der Waals surface area contributed by atoms with E-state index in [0.717, 1.165) is 36.1 Å². The molecule has 2 aromatic carbocycles. The highest BCUT2D eigenvalue weighted by atomic mass is 16.2. The van der Waals surface area contributed by atoms with Crippen molar-refractivity contribution < 1.29 is 9.59 Å². The summed E-state index contributed by atoms with van der Waals surface area (Å²) in [6.07, 6.45) is 3.22. The maximum atomic E-state index is 12.4. The van der Waals surface area contributed by atoms with Gasteiger partial charge >= 0.3 is 0 Å². The molecule has 2 N–H and O–H groups in total. The molecule has 2 rings (SSSR count). The van der Waals surface area contributed by atoms with Gasteiger partial charge in [0.25, 0.3) is 11.8 Å². The van der Waals surface area contributed by atoms with Crippen LogP contribution in [0.3, 0.4) is 0 Å². The van der Waals surface area contributed by atoms with E-state index in [9.17, 15) is 9.59 Å². The van der Waals surface area contributed by atoms with Crippen molar-refractivity contribution in [2.24, 2.45) is 0 Å². The van der Waals surface area contributed by atoms with Crippen molar-refractivity contribution in [3.8, 4) is 0 Å². The highest BCUT2D eigenvalue weighted by Crippen LogP contribution is 2.17. The van der Waals surface area contributed by atoms with Gasteiger partial charge < -0.3 is 10.6 Å². The first-order valence-corrected chi connectivity index (χ1v) is 8.78. The Balaban J connectivity index is 1.98. The van der Waals surface area contributed by atoms with E-state index in [2.05, 4.69) is 17.6 Å². The fourth-order valence-corrected chi connectivity index (χ4v) is 2.52. The number of amides is 2. The zero-order valence-corrected chi connectivity index (χ0v) is 15.2. The third kappa shape index (κ3) is 5.45. The van der Waals surface area contributed by atoms with Crippen LogP contribution in [0.1, 0.15) is 58.0 Å². The predicted octanol–water partition coefficient (Wildman–Crippen LogP) is 4.48. The molecule has 0 atom stereocenters. The molecule has 0 spiro atoms. The maximum absolute atomic E-state index is 12.4. The van der Waals surface area contributed by atoms with E-state index in [1.54, 1.807) is 24.3 Å². The molecule has 0 aliphatic carbocycles. The van der Waals surface area contributed by atoms with E-state index < -0.39 is 0 Å². The number of anilines is 1. The van der Waals surface area contributed by atoms with E-state index in [0.29, 0.717) is 17.7 Å². The van der Waals surface area contributed by atoms with Crippen LogP contribution in [0, 0.1) is 13.8 Å². The van der Waals surface area contributed by atoms with Crippen LogP contribution in [-0.4, -0.2) is 18.4 Å². The van der Waals surface area contributed by atoms with Gasteiger partial charge in [0.2, 0.25) is 0 Å². The quantitative estimate of drug-likeness (QED) is 0.732. The molecule has 0 aliphatic rings. The molecule has 25 heavy (non-hydrogen) atoms. The van der Waals surface area contributed by atoms with Crippen molar-refractivity contribution in [1.82, 2.24) is 5.32 Å². The lowest BCUT2D eigenvalue weighted by atomic mass is 10.1. The van der Waals surface area contributed by atoms with E-state index in [4.69, 9.17) is 0 Å². The summed E-state index contributed by atoms with van der Waals surface area (Å²) in [5.41, 5.74) is 4.02. The predicted molar refractivity (Wildman–Crippen MR) is 102 cm³/mol. The van der Waals surface area contributed by atoms with Gasteiger partial charge in [-0.05, 0) is 61.7 Å². The van der Waals surface area contributed by atoms with Crippen LogP contribution in [-0.2, 0) is 0 Å². The minimum Gasteiger partial charge on any atom is -0.352 e.